The molecule has 1 amide bonds. The van der Waals surface area contributed by atoms with Crippen LogP contribution in [-0.2, 0) is 14.3 Å². The number of hydrogen-bond donors (Lipinski definition) is 1. The van der Waals surface area contributed by atoms with Crippen molar-refractivity contribution in [3.05, 3.63) is 0 Å². The van der Waals surface area contributed by atoms with Crippen LogP contribution in [0.3, 0.4) is 0 Å². The highest BCUT2D eigenvalue weighted by molar-refractivity contribution is 6.09. The maximum atomic E-state index is 11.8. The summed E-state index contributed by atoms with van der Waals surface area (Å²) in [5.41, 5.74) is -0.461. The van der Waals surface area contributed by atoms with Crippen LogP contribution in [0.25, 0.3) is 0 Å². The first-order valence-corrected chi connectivity index (χ1v) is 6.11. The molecule has 0 aromatic heterocycles. The quantitative estimate of drug-likeness (QED) is 0.791. The smallest absolute Gasteiger partial charge is 0.250 e. The number of aliphatic imine (C=N–C) groups is 1. The maximum absolute atomic E-state index is 11.8. The Balaban J connectivity index is 2.21. The van der Waals surface area contributed by atoms with Crippen LogP contribution < -0.4 is 5.32 Å². The van der Waals surface area contributed by atoms with Gasteiger partial charge < -0.3 is 14.8 Å². The van der Waals surface area contributed by atoms with Gasteiger partial charge in [-0.3, -0.25) is 9.79 Å². The van der Waals surface area contributed by atoms with Crippen LogP contribution >= 0.6 is 0 Å². The summed E-state index contributed by atoms with van der Waals surface area (Å²) < 4.78 is 11.0. The van der Waals surface area contributed by atoms with Crippen molar-refractivity contribution in [2.75, 3.05) is 20.3 Å². The molecular formula is C12H20N2O3. The molecule has 2 aliphatic heterocycles. The predicted molar refractivity (Wildman–Crippen MR) is 64.0 cm³/mol. The molecule has 0 aromatic carbocycles. The number of amides is 1. The molecule has 1 fully saturated rings. The number of hydrogen-bond acceptors (Lipinski definition) is 4. The lowest BCUT2D eigenvalue weighted by Crippen LogP contribution is -2.51. The highest BCUT2D eigenvalue weighted by Crippen LogP contribution is 2.28. The lowest BCUT2D eigenvalue weighted by Gasteiger charge is -2.35. The molecule has 96 valence electrons. The van der Waals surface area contributed by atoms with Crippen molar-refractivity contribution in [3.8, 4) is 0 Å². The Kier molecular flexibility index (Phi) is 3.49. The van der Waals surface area contributed by atoms with Gasteiger partial charge in [0.05, 0.1) is 0 Å². The third-order valence-electron chi connectivity index (χ3n) is 3.53. The topological polar surface area (TPSA) is 59.9 Å². The van der Waals surface area contributed by atoms with Crippen molar-refractivity contribution < 1.29 is 14.3 Å². The Bertz CT molecular complexity index is 333. The fraction of sp³-hybridized carbons (Fsp3) is 0.833. The van der Waals surface area contributed by atoms with E-state index in [4.69, 9.17) is 9.47 Å². The lowest BCUT2D eigenvalue weighted by atomic mass is 9.92. The van der Waals surface area contributed by atoms with Crippen molar-refractivity contribution in [2.45, 2.75) is 38.3 Å². The van der Waals surface area contributed by atoms with Crippen molar-refractivity contribution in [3.63, 3.8) is 0 Å². The molecule has 0 saturated carbocycles. The van der Waals surface area contributed by atoms with Gasteiger partial charge >= 0.3 is 0 Å². The second kappa shape index (κ2) is 4.74. The summed E-state index contributed by atoms with van der Waals surface area (Å²) in [6, 6.07) is -0.278. The first-order chi connectivity index (χ1) is 8.09. The van der Waals surface area contributed by atoms with Gasteiger partial charge in [0.15, 0.2) is 0 Å². The number of carbonyl (C=O) groups excluding carboxylic acids is 1. The van der Waals surface area contributed by atoms with E-state index in [1.807, 2.05) is 13.8 Å². The maximum Gasteiger partial charge on any atom is 0.250 e. The van der Waals surface area contributed by atoms with Crippen LogP contribution in [-0.4, -0.2) is 43.7 Å². The lowest BCUT2D eigenvalue weighted by molar-refractivity contribution is -0.121. The molecule has 17 heavy (non-hydrogen) atoms. The molecule has 0 aliphatic carbocycles. The zero-order chi connectivity index (χ0) is 12.5. The number of rotatable bonds is 3. The van der Waals surface area contributed by atoms with Gasteiger partial charge in [-0.1, -0.05) is 13.8 Å². The number of methoxy groups -OCH3 is 1. The summed E-state index contributed by atoms with van der Waals surface area (Å²) in [4.78, 5) is 16.3. The molecule has 0 aromatic rings. The summed E-state index contributed by atoms with van der Waals surface area (Å²) in [6.07, 6.45) is 1.49. The van der Waals surface area contributed by atoms with E-state index in [0.29, 0.717) is 19.0 Å². The minimum atomic E-state index is -0.461. The third-order valence-corrected chi connectivity index (χ3v) is 3.53. The van der Waals surface area contributed by atoms with Gasteiger partial charge in [0, 0.05) is 33.2 Å². The van der Waals surface area contributed by atoms with E-state index in [0.717, 1.165) is 12.8 Å². The molecule has 2 heterocycles. The molecule has 5 heteroatoms. The van der Waals surface area contributed by atoms with Crippen LogP contribution in [0.4, 0.5) is 0 Å². The fourth-order valence-electron chi connectivity index (χ4n) is 2.34. The Morgan fingerprint density at radius 1 is 1.47 bits per heavy atom. The van der Waals surface area contributed by atoms with Gasteiger partial charge in [-0.25, -0.2) is 0 Å². The minimum Gasteiger partial charge on any atom is -0.381 e. The standard InChI is InChI=1S/C12H20N2O3/c1-8(2)9-10(15)14-11(13-9)12(16-3)4-6-17-7-5-12/h8-9H,4-7H2,1-3H3,(H,13,14,15). The molecule has 0 bridgehead atoms. The van der Waals surface area contributed by atoms with E-state index in [-0.39, 0.29) is 17.9 Å². The first-order valence-electron chi connectivity index (χ1n) is 6.11. The van der Waals surface area contributed by atoms with Gasteiger partial charge in [-0.05, 0) is 5.92 Å². The van der Waals surface area contributed by atoms with E-state index in [2.05, 4.69) is 10.3 Å². The van der Waals surface area contributed by atoms with E-state index < -0.39 is 5.60 Å². The molecule has 2 aliphatic rings. The van der Waals surface area contributed by atoms with Crippen molar-refractivity contribution in [1.82, 2.24) is 5.32 Å². The molecule has 5 nitrogen and oxygen atoms in total. The van der Waals surface area contributed by atoms with Gasteiger partial charge in [0.1, 0.15) is 17.5 Å². The van der Waals surface area contributed by atoms with E-state index in [1.54, 1.807) is 7.11 Å². The SMILES string of the molecule is COC1(C2=NC(C(C)C)C(=O)N2)CCOCC1. The predicted octanol–water partition coefficient (Wildman–Crippen LogP) is 0.735. The largest absolute Gasteiger partial charge is 0.381 e. The summed E-state index contributed by atoms with van der Waals surface area (Å²) >= 11 is 0. The molecular weight excluding hydrogens is 220 g/mol. The third kappa shape index (κ3) is 2.21. The van der Waals surface area contributed by atoms with Crippen LogP contribution in [0.5, 0.6) is 0 Å². The number of carbonyl (C=O) groups is 1. The normalized spacial score (nSPS) is 28.1. The molecule has 1 unspecified atom stereocenters. The van der Waals surface area contributed by atoms with Crippen molar-refractivity contribution in [2.24, 2.45) is 10.9 Å². The van der Waals surface area contributed by atoms with Gasteiger partial charge in [0.25, 0.3) is 0 Å². The summed E-state index contributed by atoms with van der Waals surface area (Å²) in [5, 5.41) is 2.88. The second-order valence-electron chi connectivity index (χ2n) is 4.97. The average Bonchev–Trinajstić information content (AvgIpc) is 2.73. The van der Waals surface area contributed by atoms with Crippen molar-refractivity contribution in [1.29, 1.82) is 0 Å². The summed E-state index contributed by atoms with van der Waals surface area (Å²) in [5.74, 6) is 0.881. The molecule has 1 saturated heterocycles. The zero-order valence-electron chi connectivity index (χ0n) is 10.7. The molecule has 0 radical (unpaired) electrons. The highest BCUT2D eigenvalue weighted by Gasteiger charge is 2.43. The van der Waals surface area contributed by atoms with Crippen LogP contribution in [0.2, 0.25) is 0 Å². The van der Waals surface area contributed by atoms with Gasteiger partial charge in [-0.2, -0.15) is 0 Å². The van der Waals surface area contributed by atoms with Gasteiger partial charge in [0.2, 0.25) is 5.91 Å². The van der Waals surface area contributed by atoms with Crippen molar-refractivity contribution >= 4 is 11.7 Å². The van der Waals surface area contributed by atoms with Crippen LogP contribution in [0.1, 0.15) is 26.7 Å². The average molecular weight is 240 g/mol. The van der Waals surface area contributed by atoms with E-state index in [1.165, 1.54) is 0 Å². The molecule has 2 rings (SSSR count). The Hall–Kier alpha value is -0.940. The molecule has 0 spiro atoms. The van der Waals surface area contributed by atoms with Crippen LogP contribution in [0, 0.1) is 5.92 Å². The fourth-order valence-corrected chi connectivity index (χ4v) is 2.34. The number of amidine groups is 1. The zero-order valence-corrected chi connectivity index (χ0v) is 10.7. The Morgan fingerprint density at radius 2 is 2.12 bits per heavy atom. The summed E-state index contributed by atoms with van der Waals surface area (Å²) in [6.45, 7) is 5.30. The second-order valence-corrected chi connectivity index (χ2v) is 4.97. The van der Waals surface area contributed by atoms with E-state index in [9.17, 15) is 4.79 Å². The van der Waals surface area contributed by atoms with E-state index >= 15 is 0 Å². The Morgan fingerprint density at radius 3 is 2.59 bits per heavy atom. The Labute approximate surface area is 102 Å². The number of nitrogens with zero attached hydrogens (tertiary/aromatic N) is 1. The number of ether oxygens (including phenoxy) is 2. The number of nitrogens with one attached hydrogen (secondary N) is 1. The monoisotopic (exact) mass is 240 g/mol. The summed E-state index contributed by atoms with van der Waals surface area (Å²) in [7, 11) is 1.67. The molecule has 1 N–H and O–H groups in total. The highest BCUT2D eigenvalue weighted by atomic mass is 16.5. The van der Waals surface area contributed by atoms with Crippen LogP contribution in [0.15, 0.2) is 4.99 Å². The van der Waals surface area contributed by atoms with Gasteiger partial charge in [-0.15, -0.1) is 0 Å². The first kappa shape index (κ1) is 12.5. The minimum absolute atomic E-state index is 0.0158. The molecule has 1 atom stereocenters.